The molecule has 1 aliphatic heterocycles. The number of anilines is 2. The Kier molecular flexibility index (Phi) is 6.30. The van der Waals surface area contributed by atoms with Crippen LogP contribution >= 0.6 is 0 Å². The van der Waals surface area contributed by atoms with E-state index in [-0.39, 0.29) is 29.9 Å². The van der Waals surface area contributed by atoms with Crippen molar-refractivity contribution in [2.24, 2.45) is 0 Å². The van der Waals surface area contributed by atoms with Gasteiger partial charge in [-0.1, -0.05) is 19.3 Å². The van der Waals surface area contributed by atoms with Gasteiger partial charge in [-0.3, -0.25) is 9.59 Å². The van der Waals surface area contributed by atoms with E-state index in [1.54, 1.807) is 18.2 Å². The fourth-order valence-electron chi connectivity index (χ4n) is 4.22. The highest BCUT2D eigenvalue weighted by Gasteiger charge is 2.20. The second-order valence-electron chi connectivity index (χ2n) is 8.04. The van der Waals surface area contributed by atoms with E-state index >= 15 is 0 Å². The molecule has 2 heterocycles. The molecule has 0 bridgehead atoms. The molecule has 2 fully saturated rings. The summed E-state index contributed by atoms with van der Waals surface area (Å²) in [6, 6.07) is 9.91. The van der Waals surface area contributed by atoms with Crippen LogP contribution in [-0.2, 0) is 11.3 Å². The number of carbonyl (C=O) groups is 1. The number of aromatic nitrogens is 2. The van der Waals surface area contributed by atoms with Gasteiger partial charge in [-0.25, -0.2) is 9.07 Å². The minimum Gasteiger partial charge on any atom is -0.368 e. The molecule has 0 radical (unpaired) electrons. The lowest BCUT2D eigenvalue weighted by molar-refractivity contribution is -0.122. The van der Waals surface area contributed by atoms with Gasteiger partial charge in [0, 0.05) is 44.0 Å². The number of piperazine rings is 1. The Bertz CT molecular complexity index is 916. The predicted molar refractivity (Wildman–Crippen MR) is 114 cm³/mol. The lowest BCUT2D eigenvalue weighted by Gasteiger charge is -2.36. The number of halogens is 1. The molecule has 0 atom stereocenters. The Morgan fingerprint density at radius 3 is 2.33 bits per heavy atom. The van der Waals surface area contributed by atoms with Gasteiger partial charge in [-0.2, -0.15) is 5.10 Å². The Labute approximate surface area is 175 Å². The van der Waals surface area contributed by atoms with Gasteiger partial charge in [0.2, 0.25) is 5.91 Å². The van der Waals surface area contributed by atoms with E-state index in [9.17, 15) is 14.0 Å². The summed E-state index contributed by atoms with van der Waals surface area (Å²) in [5.41, 5.74) is 0.718. The average molecular weight is 413 g/mol. The molecule has 7 nitrogen and oxygen atoms in total. The standard InChI is InChI=1S/C22H28FN5O2/c23-17-6-8-19(9-7-17)26-12-14-27(15-13-26)20-10-11-22(30)28(25-20)16-21(29)24-18-4-2-1-3-5-18/h6-11,18H,1-5,12-16H2,(H,24,29). The van der Waals surface area contributed by atoms with Gasteiger partial charge in [-0.15, -0.1) is 0 Å². The quantitative estimate of drug-likeness (QED) is 0.814. The van der Waals surface area contributed by atoms with Gasteiger partial charge < -0.3 is 15.1 Å². The maximum Gasteiger partial charge on any atom is 0.267 e. The van der Waals surface area contributed by atoms with Gasteiger partial charge >= 0.3 is 0 Å². The van der Waals surface area contributed by atoms with Gasteiger partial charge in [-0.05, 0) is 43.2 Å². The second-order valence-corrected chi connectivity index (χ2v) is 8.04. The van der Waals surface area contributed by atoms with E-state index in [0.29, 0.717) is 5.82 Å². The fourth-order valence-corrected chi connectivity index (χ4v) is 4.22. The third kappa shape index (κ3) is 4.98. The molecule has 0 unspecified atom stereocenters. The van der Waals surface area contributed by atoms with Gasteiger partial charge in [0.25, 0.3) is 5.56 Å². The molecule has 4 rings (SSSR count). The van der Waals surface area contributed by atoms with E-state index in [1.807, 2.05) is 0 Å². The minimum absolute atomic E-state index is 0.0568. The lowest BCUT2D eigenvalue weighted by Crippen LogP contribution is -2.47. The summed E-state index contributed by atoms with van der Waals surface area (Å²) in [5, 5.41) is 7.48. The molecule has 160 valence electrons. The number of hydrogen-bond donors (Lipinski definition) is 1. The van der Waals surface area contributed by atoms with Crippen LogP contribution in [0.4, 0.5) is 15.9 Å². The molecule has 1 N–H and O–H groups in total. The second kappa shape index (κ2) is 9.28. The largest absolute Gasteiger partial charge is 0.368 e. The zero-order valence-corrected chi connectivity index (χ0v) is 17.1. The monoisotopic (exact) mass is 413 g/mol. The van der Waals surface area contributed by atoms with Crippen LogP contribution in [0.25, 0.3) is 0 Å². The smallest absolute Gasteiger partial charge is 0.267 e. The number of hydrogen-bond acceptors (Lipinski definition) is 5. The molecule has 2 aliphatic rings. The van der Waals surface area contributed by atoms with Crippen LogP contribution in [0.1, 0.15) is 32.1 Å². The topological polar surface area (TPSA) is 70.5 Å². The molecule has 1 saturated heterocycles. The molecular formula is C22H28FN5O2. The van der Waals surface area contributed by atoms with Crippen LogP contribution < -0.4 is 20.7 Å². The van der Waals surface area contributed by atoms with Crippen LogP contribution in [0.5, 0.6) is 0 Å². The zero-order chi connectivity index (χ0) is 20.9. The summed E-state index contributed by atoms with van der Waals surface area (Å²) in [6.07, 6.45) is 5.52. The summed E-state index contributed by atoms with van der Waals surface area (Å²) >= 11 is 0. The molecule has 1 saturated carbocycles. The van der Waals surface area contributed by atoms with Crippen LogP contribution in [0.15, 0.2) is 41.2 Å². The van der Waals surface area contributed by atoms with E-state index in [0.717, 1.165) is 57.5 Å². The Morgan fingerprint density at radius 1 is 0.967 bits per heavy atom. The number of amides is 1. The summed E-state index contributed by atoms with van der Waals surface area (Å²) in [4.78, 5) is 28.9. The maximum atomic E-state index is 13.1. The molecule has 1 aromatic carbocycles. The third-order valence-corrected chi connectivity index (χ3v) is 5.91. The minimum atomic E-state index is -0.275. The first-order chi connectivity index (χ1) is 14.6. The molecule has 1 aliphatic carbocycles. The Morgan fingerprint density at radius 2 is 1.63 bits per heavy atom. The van der Waals surface area contributed by atoms with Gasteiger partial charge in [0.05, 0.1) is 0 Å². The summed E-state index contributed by atoms with van der Waals surface area (Å²) in [7, 11) is 0. The van der Waals surface area contributed by atoms with Crippen molar-refractivity contribution in [2.75, 3.05) is 36.0 Å². The molecule has 8 heteroatoms. The lowest BCUT2D eigenvalue weighted by atomic mass is 9.95. The molecule has 2 aromatic rings. The van der Waals surface area contributed by atoms with Crippen LogP contribution in [-0.4, -0.2) is 47.9 Å². The summed E-state index contributed by atoms with van der Waals surface area (Å²) in [6.45, 7) is 2.95. The van der Waals surface area contributed by atoms with Crippen molar-refractivity contribution in [3.05, 3.63) is 52.6 Å². The van der Waals surface area contributed by atoms with E-state index < -0.39 is 0 Å². The van der Waals surface area contributed by atoms with Crippen LogP contribution in [0, 0.1) is 5.82 Å². The highest BCUT2D eigenvalue weighted by atomic mass is 19.1. The predicted octanol–water partition coefficient (Wildman–Crippen LogP) is 2.16. The van der Waals surface area contributed by atoms with Crippen molar-refractivity contribution in [2.45, 2.75) is 44.7 Å². The highest BCUT2D eigenvalue weighted by molar-refractivity contribution is 5.76. The van der Waals surface area contributed by atoms with Crippen molar-refractivity contribution < 1.29 is 9.18 Å². The van der Waals surface area contributed by atoms with E-state index in [1.165, 1.54) is 29.3 Å². The number of nitrogens with zero attached hydrogens (tertiary/aromatic N) is 4. The first kappa shape index (κ1) is 20.4. The van der Waals surface area contributed by atoms with Crippen molar-refractivity contribution in [3.8, 4) is 0 Å². The van der Waals surface area contributed by atoms with Crippen molar-refractivity contribution >= 4 is 17.4 Å². The first-order valence-corrected chi connectivity index (χ1v) is 10.7. The van der Waals surface area contributed by atoms with Crippen LogP contribution in [0.2, 0.25) is 0 Å². The van der Waals surface area contributed by atoms with E-state index in [4.69, 9.17) is 0 Å². The molecular weight excluding hydrogens is 385 g/mol. The zero-order valence-electron chi connectivity index (χ0n) is 17.1. The molecule has 0 spiro atoms. The van der Waals surface area contributed by atoms with E-state index in [2.05, 4.69) is 20.2 Å². The number of carbonyl (C=O) groups excluding carboxylic acids is 1. The normalized spacial score (nSPS) is 17.8. The average Bonchev–Trinajstić information content (AvgIpc) is 2.77. The Balaban J connectivity index is 1.36. The number of benzene rings is 1. The van der Waals surface area contributed by atoms with Gasteiger partial charge in [0.1, 0.15) is 18.2 Å². The fraction of sp³-hybridized carbons (Fsp3) is 0.500. The Hall–Kier alpha value is -2.90. The summed E-state index contributed by atoms with van der Waals surface area (Å²) < 4.78 is 14.4. The number of nitrogens with one attached hydrogen (secondary N) is 1. The van der Waals surface area contributed by atoms with Crippen LogP contribution in [0.3, 0.4) is 0 Å². The molecule has 1 amide bonds. The van der Waals surface area contributed by atoms with Crippen molar-refractivity contribution in [3.63, 3.8) is 0 Å². The third-order valence-electron chi connectivity index (χ3n) is 5.91. The van der Waals surface area contributed by atoms with Crippen molar-refractivity contribution in [1.82, 2.24) is 15.1 Å². The molecule has 30 heavy (non-hydrogen) atoms. The summed E-state index contributed by atoms with van der Waals surface area (Å²) in [5.74, 6) is 0.296. The highest BCUT2D eigenvalue weighted by Crippen LogP contribution is 2.19. The SMILES string of the molecule is O=C(Cn1nc(N2CCN(c3ccc(F)cc3)CC2)ccc1=O)NC1CCCCC1. The first-order valence-electron chi connectivity index (χ1n) is 10.7. The number of rotatable bonds is 5. The van der Waals surface area contributed by atoms with Crippen molar-refractivity contribution in [1.29, 1.82) is 0 Å². The molecule has 1 aromatic heterocycles. The maximum absolute atomic E-state index is 13.1. The van der Waals surface area contributed by atoms with Gasteiger partial charge in [0.15, 0.2) is 0 Å².